The Morgan fingerprint density at radius 2 is 2.10 bits per heavy atom. The van der Waals surface area contributed by atoms with Crippen LogP contribution in [0.15, 0.2) is 24.3 Å². The summed E-state index contributed by atoms with van der Waals surface area (Å²) in [5.74, 6) is 1.44. The molecular formula is C16H22N2O2. The predicted molar refractivity (Wildman–Crippen MR) is 77.3 cm³/mol. The first-order chi connectivity index (χ1) is 9.79. The van der Waals surface area contributed by atoms with Crippen molar-refractivity contribution in [2.45, 2.75) is 31.7 Å². The van der Waals surface area contributed by atoms with Gasteiger partial charge >= 0.3 is 0 Å². The number of benzene rings is 1. The van der Waals surface area contributed by atoms with E-state index in [0.29, 0.717) is 19.1 Å². The largest absolute Gasteiger partial charge is 0.491 e. The van der Waals surface area contributed by atoms with Crippen molar-refractivity contribution in [1.82, 2.24) is 5.32 Å². The molecule has 1 aliphatic carbocycles. The molecule has 1 amide bonds. The summed E-state index contributed by atoms with van der Waals surface area (Å²) in [5.41, 5.74) is 6.90. The lowest BCUT2D eigenvalue weighted by atomic mass is 9.78. The number of carbonyl (C=O) groups excluding carboxylic acids is 1. The predicted octanol–water partition coefficient (Wildman–Crippen LogP) is 2.00. The van der Waals surface area contributed by atoms with E-state index in [1.807, 2.05) is 24.3 Å². The molecular weight excluding hydrogens is 252 g/mol. The lowest BCUT2D eigenvalue weighted by molar-refractivity contribution is -0.128. The summed E-state index contributed by atoms with van der Waals surface area (Å²) in [6.07, 6.45) is 4.36. The number of fused-ring (bicyclic) bond motifs is 1. The molecule has 108 valence electrons. The van der Waals surface area contributed by atoms with Crippen LogP contribution >= 0.6 is 0 Å². The first kappa shape index (κ1) is 13.4. The molecule has 1 saturated carbocycles. The van der Waals surface area contributed by atoms with Crippen molar-refractivity contribution in [2.24, 2.45) is 17.6 Å². The highest BCUT2D eigenvalue weighted by molar-refractivity contribution is 5.79. The lowest BCUT2D eigenvalue weighted by Gasteiger charge is -2.30. The van der Waals surface area contributed by atoms with Gasteiger partial charge in [0.05, 0.1) is 6.04 Å². The molecule has 1 aliphatic heterocycles. The van der Waals surface area contributed by atoms with Gasteiger partial charge in [0.15, 0.2) is 0 Å². The molecule has 3 atom stereocenters. The highest BCUT2D eigenvalue weighted by atomic mass is 16.5. The fourth-order valence-electron chi connectivity index (χ4n) is 3.40. The normalized spacial score (nSPS) is 28.6. The fourth-order valence-corrected chi connectivity index (χ4v) is 3.40. The maximum absolute atomic E-state index is 12.5. The minimum Gasteiger partial charge on any atom is -0.491 e. The van der Waals surface area contributed by atoms with Crippen LogP contribution in [0, 0.1) is 11.8 Å². The Bertz CT molecular complexity index is 489. The standard InChI is InChI=1S/C16H22N2O2/c17-9-11-5-1-2-6-12(11)16(19)18-14-10-20-15-8-4-3-7-13(14)15/h3-4,7-8,11-12,14H,1-2,5-6,9-10,17H2,(H,18,19). The van der Waals surface area contributed by atoms with Crippen LogP contribution in [0.5, 0.6) is 5.75 Å². The van der Waals surface area contributed by atoms with Gasteiger partial charge in [0.25, 0.3) is 0 Å². The molecule has 3 unspecified atom stereocenters. The summed E-state index contributed by atoms with van der Waals surface area (Å²) in [4.78, 5) is 12.5. The van der Waals surface area contributed by atoms with Crippen LogP contribution in [0.2, 0.25) is 0 Å². The Kier molecular flexibility index (Phi) is 3.92. The Labute approximate surface area is 119 Å². The van der Waals surface area contributed by atoms with Gasteiger partial charge in [0.1, 0.15) is 12.4 Å². The molecule has 1 heterocycles. The summed E-state index contributed by atoms with van der Waals surface area (Å²) in [6, 6.07) is 7.89. The number of amides is 1. The molecule has 0 bridgehead atoms. The highest BCUT2D eigenvalue weighted by Crippen LogP contribution is 2.34. The topological polar surface area (TPSA) is 64.4 Å². The number of nitrogens with one attached hydrogen (secondary N) is 1. The lowest BCUT2D eigenvalue weighted by Crippen LogP contribution is -2.41. The average Bonchev–Trinajstić information content (AvgIpc) is 2.90. The summed E-state index contributed by atoms with van der Waals surface area (Å²) in [7, 11) is 0. The van der Waals surface area contributed by atoms with Gasteiger partial charge in [-0.1, -0.05) is 31.0 Å². The molecule has 0 saturated heterocycles. The summed E-state index contributed by atoms with van der Waals surface area (Å²) >= 11 is 0. The first-order valence-corrected chi connectivity index (χ1v) is 7.51. The minimum absolute atomic E-state index is 0.0148. The van der Waals surface area contributed by atoms with Gasteiger partial charge < -0.3 is 15.8 Å². The molecule has 0 spiro atoms. The van der Waals surface area contributed by atoms with E-state index in [1.165, 1.54) is 6.42 Å². The van der Waals surface area contributed by atoms with Crippen LogP contribution in [-0.4, -0.2) is 19.1 Å². The maximum atomic E-state index is 12.5. The second-order valence-electron chi connectivity index (χ2n) is 5.80. The Balaban J connectivity index is 1.67. The Morgan fingerprint density at radius 1 is 1.30 bits per heavy atom. The molecule has 1 aromatic carbocycles. The number of hydrogen-bond acceptors (Lipinski definition) is 3. The van der Waals surface area contributed by atoms with E-state index in [0.717, 1.165) is 30.6 Å². The fraction of sp³-hybridized carbons (Fsp3) is 0.562. The van der Waals surface area contributed by atoms with Crippen molar-refractivity contribution in [2.75, 3.05) is 13.2 Å². The van der Waals surface area contributed by atoms with Crippen molar-refractivity contribution in [3.05, 3.63) is 29.8 Å². The van der Waals surface area contributed by atoms with Gasteiger partial charge in [-0.3, -0.25) is 4.79 Å². The molecule has 0 aromatic heterocycles. The zero-order valence-electron chi connectivity index (χ0n) is 11.7. The van der Waals surface area contributed by atoms with E-state index in [4.69, 9.17) is 10.5 Å². The zero-order chi connectivity index (χ0) is 13.9. The van der Waals surface area contributed by atoms with Crippen molar-refractivity contribution in [3.8, 4) is 5.75 Å². The van der Waals surface area contributed by atoms with Crippen molar-refractivity contribution in [1.29, 1.82) is 0 Å². The van der Waals surface area contributed by atoms with E-state index in [1.54, 1.807) is 0 Å². The molecule has 4 heteroatoms. The molecule has 4 nitrogen and oxygen atoms in total. The van der Waals surface area contributed by atoms with E-state index >= 15 is 0 Å². The Hall–Kier alpha value is -1.55. The Morgan fingerprint density at radius 3 is 2.95 bits per heavy atom. The third kappa shape index (κ3) is 2.52. The average molecular weight is 274 g/mol. The van der Waals surface area contributed by atoms with Gasteiger partial charge in [-0.25, -0.2) is 0 Å². The second kappa shape index (κ2) is 5.83. The van der Waals surface area contributed by atoms with Crippen LogP contribution in [0.3, 0.4) is 0 Å². The molecule has 3 N–H and O–H groups in total. The molecule has 2 aliphatic rings. The number of ether oxygens (including phenoxy) is 1. The first-order valence-electron chi connectivity index (χ1n) is 7.51. The van der Waals surface area contributed by atoms with Crippen molar-refractivity contribution >= 4 is 5.91 Å². The number of nitrogens with two attached hydrogens (primary N) is 1. The summed E-state index contributed by atoms with van der Waals surface area (Å²) in [6.45, 7) is 1.14. The quantitative estimate of drug-likeness (QED) is 0.886. The van der Waals surface area contributed by atoms with Gasteiger partial charge in [-0.05, 0) is 31.4 Å². The third-order valence-electron chi connectivity index (χ3n) is 4.57. The number of carbonyl (C=O) groups is 1. The number of hydrogen-bond donors (Lipinski definition) is 2. The number of para-hydroxylation sites is 1. The van der Waals surface area contributed by atoms with E-state index in [2.05, 4.69) is 5.32 Å². The zero-order valence-corrected chi connectivity index (χ0v) is 11.7. The summed E-state index contributed by atoms with van der Waals surface area (Å²) in [5, 5.41) is 3.15. The molecule has 1 aromatic rings. The maximum Gasteiger partial charge on any atom is 0.224 e. The molecule has 20 heavy (non-hydrogen) atoms. The monoisotopic (exact) mass is 274 g/mol. The van der Waals surface area contributed by atoms with Gasteiger partial charge in [0, 0.05) is 11.5 Å². The number of rotatable bonds is 3. The van der Waals surface area contributed by atoms with Gasteiger partial charge in [0.2, 0.25) is 5.91 Å². The van der Waals surface area contributed by atoms with Crippen molar-refractivity contribution < 1.29 is 9.53 Å². The van der Waals surface area contributed by atoms with E-state index in [-0.39, 0.29) is 17.9 Å². The molecule has 1 fully saturated rings. The third-order valence-corrected chi connectivity index (χ3v) is 4.57. The molecule has 0 radical (unpaired) electrons. The van der Waals surface area contributed by atoms with E-state index in [9.17, 15) is 4.79 Å². The van der Waals surface area contributed by atoms with Gasteiger partial charge in [-0.2, -0.15) is 0 Å². The summed E-state index contributed by atoms with van der Waals surface area (Å²) < 4.78 is 5.61. The van der Waals surface area contributed by atoms with Crippen LogP contribution in [-0.2, 0) is 4.79 Å². The van der Waals surface area contributed by atoms with Crippen molar-refractivity contribution in [3.63, 3.8) is 0 Å². The SMILES string of the molecule is NCC1CCCCC1C(=O)NC1COc2ccccc21. The molecule has 3 rings (SSSR count). The van der Waals surface area contributed by atoms with Crippen LogP contribution in [0.1, 0.15) is 37.3 Å². The van der Waals surface area contributed by atoms with Crippen LogP contribution in [0.25, 0.3) is 0 Å². The van der Waals surface area contributed by atoms with Gasteiger partial charge in [-0.15, -0.1) is 0 Å². The highest BCUT2D eigenvalue weighted by Gasteiger charge is 2.33. The second-order valence-corrected chi connectivity index (χ2v) is 5.80. The van der Waals surface area contributed by atoms with Crippen LogP contribution in [0.4, 0.5) is 0 Å². The van der Waals surface area contributed by atoms with E-state index < -0.39 is 0 Å². The smallest absolute Gasteiger partial charge is 0.224 e. The van der Waals surface area contributed by atoms with Crippen LogP contribution < -0.4 is 15.8 Å². The minimum atomic E-state index is -0.0148.